The second-order valence-electron chi connectivity index (χ2n) is 3.76. The van der Waals surface area contributed by atoms with Gasteiger partial charge in [0.2, 0.25) is 0 Å². The average Bonchev–Trinajstić information content (AvgIpc) is 2.43. The molecular formula is C12H14N4O3S. The maximum absolute atomic E-state index is 11.3. The summed E-state index contributed by atoms with van der Waals surface area (Å²) in [6, 6.07) is 2.95. The van der Waals surface area contributed by atoms with E-state index in [1.807, 2.05) is 0 Å². The molecule has 8 heteroatoms. The van der Waals surface area contributed by atoms with Gasteiger partial charge in [0.25, 0.3) is 5.56 Å². The van der Waals surface area contributed by atoms with Crippen LogP contribution in [-0.2, 0) is 5.75 Å². The van der Waals surface area contributed by atoms with E-state index in [9.17, 15) is 4.79 Å². The molecule has 0 bridgehead atoms. The summed E-state index contributed by atoms with van der Waals surface area (Å²) in [5.74, 6) is 1.81. The first-order chi connectivity index (χ1) is 9.63. The quantitative estimate of drug-likeness (QED) is 0.627. The van der Waals surface area contributed by atoms with Crippen LogP contribution in [0.2, 0.25) is 0 Å². The number of H-pyrrole nitrogens is 1. The van der Waals surface area contributed by atoms with E-state index in [1.54, 1.807) is 26.5 Å². The largest absolute Gasteiger partial charge is 0.493 e. The van der Waals surface area contributed by atoms with Gasteiger partial charge in [-0.05, 0) is 0 Å². The first-order valence-electron chi connectivity index (χ1n) is 5.69. The molecule has 0 saturated heterocycles. The smallest absolute Gasteiger partial charge is 0.253 e. The topological polar surface area (TPSA) is 103 Å². The second-order valence-corrected chi connectivity index (χ2v) is 4.72. The van der Waals surface area contributed by atoms with Crippen molar-refractivity contribution in [2.75, 3.05) is 20.0 Å². The minimum absolute atomic E-state index is 0.182. The average molecular weight is 294 g/mol. The van der Waals surface area contributed by atoms with Crippen LogP contribution in [0.5, 0.6) is 11.5 Å². The Bertz CT molecular complexity index is 659. The second kappa shape index (κ2) is 6.29. The minimum atomic E-state index is -0.287. The van der Waals surface area contributed by atoms with E-state index in [0.29, 0.717) is 28.1 Å². The Balaban J connectivity index is 2.20. The van der Waals surface area contributed by atoms with E-state index >= 15 is 0 Å². The number of ether oxygens (including phenoxy) is 2. The molecule has 0 fully saturated rings. The van der Waals surface area contributed by atoms with Crippen LogP contribution in [0.25, 0.3) is 0 Å². The Labute approximate surface area is 119 Å². The summed E-state index contributed by atoms with van der Waals surface area (Å²) >= 11 is 1.31. The number of methoxy groups -OCH3 is 2. The normalized spacial score (nSPS) is 10.3. The highest BCUT2D eigenvalue weighted by molar-refractivity contribution is 7.98. The number of nitrogens with one attached hydrogen (secondary N) is 1. The van der Waals surface area contributed by atoms with Crippen molar-refractivity contribution in [2.45, 2.75) is 10.9 Å². The van der Waals surface area contributed by atoms with Crippen LogP contribution >= 0.6 is 11.8 Å². The van der Waals surface area contributed by atoms with Crippen molar-refractivity contribution in [2.24, 2.45) is 0 Å². The van der Waals surface area contributed by atoms with Gasteiger partial charge >= 0.3 is 0 Å². The van der Waals surface area contributed by atoms with E-state index in [-0.39, 0.29) is 11.4 Å². The molecule has 0 atom stereocenters. The molecule has 0 aliphatic rings. The molecule has 0 radical (unpaired) electrons. The maximum atomic E-state index is 11.3. The molecule has 0 amide bonds. The van der Waals surface area contributed by atoms with Crippen LogP contribution in [0.1, 0.15) is 5.69 Å². The molecule has 2 rings (SSSR count). The number of pyridine rings is 1. The third kappa shape index (κ3) is 3.21. The molecule has 0 saturated carbocycles. The molecule has 2 aromatic heterocycles. The molecule has 0 aliphatic carbocycles. The number of rotatable bonds is 5. The number of nitrogens with two attached hydrogens (primary N) is 1. The summed E-state index contributed by atoms with van der Waals surface area (Å²) < 4.78 is 10.5. The number of aromatic amines is 1. The molecule has 0 aliphatic heterocycles. The van der Waals surface area contributed by atoms with Crippen molar-refractivity contribution in [1.82, 2.24) is 15.0 Å². The third-order valence-corrected chi connectivity index (χ3v) is 3.34. The number of nitrogens with zero attached hydrogens (tertiary/aromatic N) is 2. The van der Waals surface area contributed by atoms with Crippen LogP contribution in [0.4, 0.5) is 5.82 Å². The van der Waals surface area contributed by atoms with E-state index in [2.05, 4.69) is 15.0 Å². The van der Waals surface area contributed by atoms with Gasteiger partial charge in [0.05, 0.1) is 19.9 Å². The summed E-state index contributed by atoms with van der Waals surface area (Å²) in [6.45, 7) is 0. The molecule has 2 aromatic rings. The maximum Gasteiger partial charge on any atom is 0.253 e. The first-order valence-corrected chi connectivity index (χ1v) is 6.68. The molecule has 0 unspecified atom stereocenters. The van der Waals surface area contributed by atoms with Gasteiger partial charge in [0.1, 0.15) is 5.82 Å². The number of anilines is 1. The number of nitrogen functional groups attached to an aromatic ring is 1. The van der Waals surface area contributed by atoms with Gasteiger partial charge in [-0.3, -0.25) is 9.78 Å². The van der Waals surface area contributed by atoms with Gasteiger partial charge in [0.15, 0.2) is 16.7 Å². The Morgan fingerprint density at radius 3 is 2.85 bits per heavy atom. The predicted octanol–water partition coefficient (Wildman–Crippen LogP) is 1.06. The van der Waals surface area contributed by atoms with E-state index in [0.717, 1.165) is 0 Å². The molecule has 20 heavy (non-hydrogen) atoms. The van der Waals surface area contributed by atoms with E-state index < -0.39 is 0 Å². The number of thioether (sulfide) groups is 1. The SMILES string of the molecule is COc1ccnc(CSc2nc(N)cc(=O)[nH]2)c1OC. The van der Waals surface area contributed by atoms with Crippen LogP contribution < -0.4 is 20.8 Å². The monoisotopic (exact) mass is 294 g/mol. The van der Waals surface area contributed by atoms with Crippen molar-refractivity contribution in [3.05, 3.63) is 34.4 Å². The number of hydrogen-bond acceptors (Lipinski definition) is 7. The van der Waals surface area contributed by atoms with E-state index in [1.165, 1.54) is 17.8 Å². The lowest BCUT2D eigenvalue weighted by molar-refractivity contribution is 0.350. The highest BCUT2D eigenvalue weighted by atomic mass is 32.2. The van der Waals surface area contributed by atoms with Gasteiger partial charge in [-0.15, -0.1) is 0 Å². The Kier molecular flexibility index (Phi) is 4.46. The van der Waals surface area contributed by atoms with Crippen LogP contribution in [0.3, 0.4) is 0 Å². The van der Waals surface area contributed by atoms with Crippen molar-refractivity contribution in [3.8, 4) is 11.5 Å². The van der Waals surface area contributed by atoms with Crippen LogP contribution in [0, 0.1) is 0 Å². The van der Waals surface area contributed by atoms with Gasteiger partial charge in [-0.1, -0.05) is 11.8 Å². The summed E-state index contributed by atoms with van der Waals surface area (Å²) in [5.41, 5.74) is 5.94. The van der Waals surface area contributed by atoms with Crippen molar-refractivity contribution in [3.63, 3.8) is 0 Å². The van der Waals surface area contributed by atoms with Gasteiger partial charge in [0, 0.05) is 24.1 Å². The zero-order valence-electron chi connectivity index (χ0n) is 11.0. The number of hydrogen-bond donors (Lipinski definition) is 2. The fourth-order valence-electron chi connectivity index (χ4n) is 1.61. The molecular weight excluding hydrogens is 280 g/mol. The van der Waals surface area contributed by atoms with Gasteiger partial charge < -0.3 is 20.2 Å². The summed E-state index contributed by atoms with van der Waals surface area (Å²) in [4.78, 5) is 22.2. The lowest BCUT2D eigenvalue weighted by Crippen LogP contribution is -2.09. The van der Waals surface area contributed by atoms with Crippen molar-refractivity contribution >= 4 is 17.6 Å². The Morgan fingerprint density at radius 2 is 2.20 bits per heavy atom. The van der Waals surface area contributed by atoms with Gasteiger partial charge in [-0.2, -0.15) is 0 Å². The first kappa shape index (κ1) is 14.2. The third-order valence-electron chi connectivity index (χ3n) is 2.45. The van der Waals surface area contributed by atoms with Crippen molar-refractivity contribution in [1.29, 1.82) is 0 Å². The Morgan fingerprint density at radius 1 is 1.40 bits per heavy atom. The fraction of sp³-hybridized carbons (Fsp3) is 0.250. The Hall–Kier alpha value is -2.22. The zero-order chi connectivity index (χ0) is 14.5. The number of aromatic nitrogens is 3. The molecule has 0 spiro atoms. The molecule has 7 nitrogen and oxygen atoms in total. The summed E-state index contributed by atoms with van der Waals surface area (Å²) in [5, 5.41) is 0.432. The molecule has 106 valence electrons. The fourth-order valence-corrected chi connectivity index (χ4v) is 2.43. The molecule has 3 N–H and O–H groups in total. The molecule has 2 heterocycles. The lowest BCUT2D eigenvalue weighted by Gasteiger charge is -2.10. The highest BCUT2D eigenvalue weighted by Gasteiger charge is 2.12. The standard InChI is InChI=1S/C12H14N4O3S/c1-18-8-3-4-14-7(11(8)19-2)6-20-12-15-9(13)5-10(17)16-12/h3-5H,6H2,1-2H3,(H3,13,15,16,17). The van der Waals surface area contributed by atoms with Crippen LogP contribution in [0.15, 0.2) is 28.3 Å². The zero-order valence-corrected chi connectivity index (χ0v) is 11.9. The lowest BCUT2D eigenvalue weighted by atomic mass is 10.3. The van der Waals surface area contributed by atoms with Crippen molar-refractivity contribution < 1.29 is 9.47 Å². The molecule has 0 aromatic carbocycles. The predicted molar refractivity (Wildman–Crippen MR) is 76.2 cm³/mol. The summed E-state index contributed by atoms with van der Waals surface area (Å²) in [6.07, 6.45) is 1.63. The van der Waals surface area contributed by atoms with Crippen LogP contribution in [-0.4, -0.2) is 29.2 Å². The van der Waals surface area contributed by atoms with E-state index in [4.69, 9.17) is 15.2 Å². The van der Waals surface area contributed by atoms with Gasteiger partial charge in [-0.25, -0.2) is 4.98 Å². The minimum Gasteiger partial charge on any atom is -0.493 e. The summed E-state index contributed by atoms with van der Waals surface area (Å²) in [7, 11) is 3.11. The highest BCUT2D eigenvalue weighted by Crippen LogP contribution is 2.32.